The molecule has 148 valence electrons. The molecule has 0 saturated carbocycles. The van der Waals surface area contributed by atoms with Gasteiger partial charge in [-0.3, -0.25) is 19.1 Å². The van der Waals surface area contributed by atoms with Crippen LogP contribution in [0, 0.1) is 0 Å². The lowest BCUT2D eigenvalue weighted by atomic mass is 10.2. The van der Waals surface area contributed by atoms with Crippen molar-refractivity contribution in [3.05, 3.63) is 95.0 Å². The first-order chi connectivity index (χ1) is 14.7. The quantitative estimate of drug-likeness (QED) is 0.226. The topological polar surface area (TPSA) is 89.2 Å². The molecule has 0 radical (unpaired) electrons. The second-order valence-corrected chi connectivity index (χ2v) is 7.17. The average molecular weight is 415 g/mol. The van der Waals surface area contributed by atoms with Gasteiger partial charge in [0.25, 0.3) is 11.5 Å². The first kappa shape index (κ1) is 19.5. The van der Waals surface area contributed by atoms with Crippen LogP contribution in [-0.4, -0.2) is 32.4 Å². The van der Waals surface area contributed by atoms with Gasteiger partial charge >= 0.3 is 0 Å². The van der Waals surface area contributed by atoms with E-state index >= 15 is 0 Å². The molecule has 0 unspecified atom stereocenters. The summed E-state index contributed by atoms with van der Waals surface area (Å²) in [5.41, 5.74) is 4.21. The Kier molecular flexibility index (Phi) is 5.95. The monoisotopic (exact) mass is 415 g/mol. The molecule has 0 bridgehead atoms. The molecule has 2 aromatic heterocycles. The fourth-order valence-corrected chi connectivity index (χ4v) is 3.60. The van der Waals surface area contributed by atoms with Crippen LogP contribution in [0.5, 0.6) is 0 Å². The van der Waals surface area contributed by atoms with Crippen LogP contribution in [-0.2, 0) is 4.79 Å². The molecule has 1 amide bonds. The van der Waals surface area contributed by atoms with E-state index in [0.717, 1.165) is 0 Å². The fourth-order valence-electron chi connectivity index (χ4n) is 2.80. The molecule has 4 aromatic rings. The maximum absolute atomic E-state index is 13.1. The van der Waals surface area contributed by atoms with Crippen LogP contribution in [0.2, 0.25) is 0 Å². The van der Waals surface area contributed by atoms with Crippen LogP contribution in [0.4, 0.5) is 0 Å². The van der Waals surface area contributed by atoms with Crippen molar-refractivity contribution in [3.8, 4) is 5.69 Å². The summed E-state index contributed by atoms with van der Waals surface area (Å²) in [6.45, 7) is 0. The number of pyridine rings is 1. The summed E-state index contributed by atoms with van der Waals surface area (Å²) in [7, 11) is 0. The van der Waals surface area contributed by atoms with Crippen molar-refractivity contribution >= 4 is 34.8 Å². The lowest BCUT2D eigenvalue weighted by molar-refractivity contribution is -0.118. The van der Waals surface area contributed by atoms with E-state index in [4.69, 9.17) is 0 Å². The lowest BCUT2D eigenvalue weighted by Crippen LogP contribution is -2.24. The smallest absolute Gasteiger partial charge is 0.266 e. The van der Waals surface area contributed by atoms with Gasteiger partial charge in [0.2, 0.25) is 0 Å². The number of amides is 1. The number of thioether (sulfide) groups is 1. The molecule has 0 fully saturated rings. The molecule has 0 aliphatic carbocycles. The highest BCUT2D eigenvalue weighted by Crippen LogP contribution is 2.21. The average Bonchev–Trinajstić information content (AvgIpc) is 2.79. The number of para-hydroxylation sites is 2. The Hall–Kier alpha value is -3.78. The van der Waals surface area contributed by atoms with Gasteiger partial charge in [0.05, 0.1) is 34.3 Å². The van der Waals surface area contributed by atoms with Crippen molar-refractivity contribution in [1.29, 1.82) is 0 Å². The van der Waals surface area contributed by atoms with Gasteiger partial charge in [0.1, 0.15) is 0 Å². The number of aromatic nitrogens is 3. The highest BCUT2D eigenvalue weighted by atomic mass is 32.2. The lowest BCUT2D eigenvalue weighted by Gasteiger charge is -2.12. The maximum atomic E-state index is 13.1. The summed E-state index contributed by atoms with van der Waals surface area (Å²) in [6.07, 6.45) is 3.12. The molecular weight excluding hydrogens is 398 g/mol. The van der Waals surface area contributed by atoms with Gasteiger partial charge in [-0.05, 0) is 36.4 Å². The van der Waals surface area contributed by atoms with Crippen molar-refractivity contribution in [3.63, 3.8) is 0 Å². The fraction of sp³-hybridized carbons (Fsp3) is 0.0455. The SMILES string of the molecule is O=C(CSc1nc2ccccc2c(=O)n1-c1ccccc1)N/N=C/c1ccccn1. The Morgan fingerprint density at radius 2 is 1.80 bits per heavy atom. The minimum Gasteiger partial charge on any atom is -0.272 e. The normalized spacial score (nSPS) is 11.1. The van der Waals surface area contributed by atoms with Crippen molar-refractivity contribution in [2.45, 2.75) is 5.16 Å². The van der Waals surface area contributed by atoms with Crippen LogP contribution in [0.1, 0.15) is 5.69 Å². The predicted molar refractivity (Wildman–Crippen MR) is 118 cm³/mol. The zero-order valence-electron chi connectivity index (χ0n) is 15.8. The number of hydrogen-bond acceptors (Lipinski definition) is 6. The van der Waals surface area contributed by atoms with Gasteiger partial charge in [-0.2, -0.15) is 5.10 Å². The highest BCUT2D eigenvalue weighted by molar-refractivity contribution is 7.99. The van der Waals surface area contributed by atoms with E-state index in [1.54, 1.807) is 36.5 Å². The van der Waals surface area contributed by atoms with Gasteiger partial charge in [-0.15, -0.1) is 0 Å². The summed E-state index contributed by atoms with van der Waals surface area (Å²) in [5, 5.41) is 4.87. The van der Waals surface area contributed by atoms with Gasteiger partial charge in [-0.1, -0.05) is 48.2 Å². The standard InChI is InChI=1S/C22H17N5O2S/c28-20(26-24-14-16-8-6-7-13-23-16)15-30-22-25-19-12-5-4-11-18(19)21(29)27(22)17-9-2-1-3-10-17/h1-14H,15H2,(H,26,28)/b24-14+. The first-order valence-corrected chi connectivity index (χ1v) is 10.1. The van der Waals surface area contributed by atoms with E-state index in [0.29, 0.717) is 27.4 Å². The molecule has 0 aliphatic rings. The molecule has 2 heterocycles. The third kappa shape index (κ3) is 4.44. The third-order valence-corrected chi connectivity index (χ3v) is 5.10. The molecular formula is C22H17N5O2S. The second kappa shape index (κ2) is 9.15. The van der Waals surface area contributed by atoms with E-state index in [9.17, 15) is 9.59 Å². The summed E-state index contributed by atoms with van der Waals surface area (Å²) in [4.78, 5) is 34.0. The van der Waals surface area contributed by atoms with Crippen molar-refractivity contribution in [2.75, 3.05) is 5.75 Å². The third-order valence-electron chi connectivity index (χ3n) is 4.17. The van der Waals surface area contributed by atoms with Crippen LogP contribution in [0.15, 0.2) is 94.0 Å². The zero-order valence-corrected chi connectivity index (χ0v) is 16.6. The molecule has 7 nitrogen and oxygen atoms in total. The number of nitrogens with zero attached hydrogens (tertiary/aromatic N) is 4. The highest BCUT2D eigenvalue weighted by Gasteiger charge is 2.14. The largest absolute Gasteiger partial charge is 0.272 e. The summed E-state index contributed by atoms with van der Waals surface area (Å²) in [6, 6.07) is 21.8. The minimum absolute atomic E-state index is 0.0528. The Morgan fingerprint density at radius 1 is 1.03 bits per heavy atom. The van der Waals surface area contributed by atoms with Crippen LogP contribution < -0.4 is 11.0 Å². The number of carbonyl (C=O) groups excluding carboxylic acids is 1. The van der Waals surface area contributed by atoms with E-state index in [-0.39, 0.29) is 17.2 Å². The Labute approximate surface area is 176 Å². The van der Waals surface area contributed by atoms with Gasteiger partial charge < -0.3 is 0 Å². The number of nitrogens with one attached hydrogen (secondary N) is 1. The number of fused-ring (bicyclic) bond motifs is 1. The van der Waals surface area contributed by atoms with Crippen molar-refractivity contribution in [1.82, 2.24) is 20.0 Å². The van der Waals surface area contributed by atoms with Crippen LogP contribution in [0.3, 0.4) is 0 Å². The molecule has 4 rings (SSSR count). The van der Waals surface area contributed by atoms with Crippen molar-refractivity contribution < 1.29 is 4.79 Å². The zero-order chi connectivity index (χ0) is 20.8. The molecule has 0 atom stereocenters. The summed E-state index contributed by atoms with van der Waals surface area (Å²) < 4.78 is 1.53. The summed E-state index contributed by atoms with van der Waals surface area (Å²) in [5.74, 6) is -0.258. The maximum Gasteiger partial charge on any atom is 0.266 e. The molecule has 30 heavy (non-hydrogen) atoms. The number of carbonyl (C=O) groups is 1. The first-order valence-electron chi connectivity index (χ1n) is 9.15. The van der Waals surface area contributed by atoms with E-state index in [1.165, 1.54) is 22.5 Å². The van der Waals surface area contributed by atoms with Gasteiger partial charge in [0, 0.05) is 6.20 Å². The van der Waals surface area contributed by atoms with Gasteiger partial charge in [0.15, 0.2) is 5.16 Å². The summed E-state index contributed by atoms with van der Waals surface area (Å²) >= 11 is 1.18. The Balaban J connectivity index is 1.57. The Bertz CT molecular complexity index is 1260. The molecule has 0 spiro atoms. The number of hydrogen-bond donors (Lipinski definition) is 1. The van der Waals surface area contributed by atoms with E-state index in [1.807, 2.05) is 42.5 Å². The number of benzene rings is 2. The second-order valence-electron chi connectivity index (χ2n) is 6.22. The van der Waals surface area contributed by atoms with Gasteiger partial charge in [-0.25, -0.2) is 10.4 Å². The molecule has 2 aromatic carbocycles. The molecule has 0 saturated heterocycles. The molecule has 0 aliphatic heterocycles. The van der Waals surface area contributed by atoms with Crippen molar-refractivity contribution in [2.24, 2.45) is 5.10 Å². The molecule has 1 N–H and O–H groups in total. The molecule has 8 heteroatoms. The van der Waals surface area contributed by atoms with E-state index < -0.39 is 0 Å². The number of rotatable bonds is 6. The van der Waals surface area contributed by atoms with E-state index in [2.05, 4.69) is 20.5 Å². The number of hydrazone groups is 1. The van der Waals surface area contributed by atoms with Crippen LogP contribution >= 0.6 is 11.8 Å². The minimum atomic E-state index is -0.311. The van der Waals surface area contributed by atoms with Crippen LogP contribution in [0.25, 0.3) is 16.6 Å². The Morgan fingerprint density at radius 3 is 2.60 bits per heavy atom. The predicted octanol–water partition coefficient (Wildman–Crippen LogP) is 3.02.